The Morgan fingerprint density at radius 1 is 1.33 bits per heavy atom. The predicted octanol–water partition coefficient (Wildman–Crippen LogP) is 1.17. The lowest BCUT2D eigenvalue weighted by atomic mass is 9.94. The molecule has 2 N–H and O–H groups in total. The summed E-state index contributed by atoms with van der Waals surface area (Å²) in [5.41, 5.74) is 6.55. The molecule has 2 rings (SSSR count). The van der Waals surface area contributed by atoms with Crippen LogP contribution in [0.5, 0.6) is 5.75 Å². The van der Waals surface area contributed by atoms with Crippen LogP contribution in [0.1, 0.15) is 25.5 Å². The summed E-state index contributed by atoms with van der Waals surface area (Å²) in [5.74, 6) is -0.355. The number of rotatable bonds is 2. The number of ether oxygens (including phenoxy) is 2. The lowest BCUT2D eigenvalue weighted by Crippen LogP contribution is -2.30. The molecule has 0 aliphatic carbocycles. The molecular weight excluding hydrogens is 234 g/mol. The maximum Gasteiger partial charge on any atom is 0.323 e. The third kappa shape index (κ3) is 2.36. The molecular formula is C13H15NO4. The van der Waals surface area contributed by atoms with Crippen molar-refractivity contribution in [2.24, 2.45) is 11.7 Å². The van der Waals surface area contributed by atoms with E-state index in [0.29, 0.717) is 5.75 Å². The van der Waals surface area contributed by atoms with Gasteiger partial charge in [0.2, 0.25) is 0 Å². The van der Waals surface area contributed by atoms with Crippen molar-refractivity contribution in [3.05, 3.63) is 29.8 Å². The monoisotopic (exact) mass is 249 g/mol. The fourth-order valence-electron chi connectivity index (χ4n) is 1.98. The molecule has 0 amide bonds. The summed E-state index contributed by atoms with van der Waals surface area (Å²) in [7, 11) is 0. The smallest absolute Gasteiger partial charge is 0.323 e. The third-order valence-electron chi connectivity index (χ3n) is 3.03. The van der Waals surface area contributed by atoms with Gasteiger partial charge in [0.1, 0.15) is 17.9 Å². The molecule has 1 heterocycles. The van der Waals surface area contributed by atoms with E-state index >= 15 is 0 Å². The van der Waals surface area contributed by atoms with Crippen LogP contribution in [0.2, 0.25) is 0 Å². The van der Waals surface area contributed by atoms with Gasteiger partial charge in [0.25, 0.3) is 0 Å². The van der Waals surface area contributed by atoms with E-state index in [9.17, 15) is 9.59 Å². The van der Waals surface area contributed by atoms with Gasteiger partial charge in [0.15, 0.2) is 0 Å². The number of hydrogen-bond acceptors (Lipinski definition) is 5. The zero-order chi connectivity index (χ0) is 13.3. The van der Waals surface area contributed by atoms with E-state index in [-0.39, 0.29) is 24.0 Å². The predicted molar refractivity (Wildman–Crippen MR) is 63.7 cm³/mol. The van der Waals surface area contributed by atoms with Crippen molar-refractivity contribution in [1.29, 1.82) is 0 Å². The van der Waals surface area contributed by atoms with Gasteiger partial charge in [-0.2, -0.15) is 0 Å². The third-order valence-corrected chi connectivity index (χ3v) is 3.03. The largest absolute Gasteiger partial charge is 0.456 e. The zero-order valence-corrected chi connectivity index (χ0v) is 10.3. The second-order valence-corrected chi connectivity index (χ2v) is 4.41. The molecule has 1 aromatic carbocycles. The van der Waals surface area contributed by atoms with Crippen LogP contribution in [0.3, 0.4) is 0 Å². The fourth-order valence-corrected chi connectivity index (χ4v) is 1.98. The maximum atomic E-state index is 11.4. The van der Waals surface area contributed by atoms with Gasteiger partial charge >= 0.3 is 11.9 Å². The normalized spacial score (nSPS) is 26.8. The van der Waals surface area contributed by atoms with Gasteiger partial charge in [0, 0.05) is 12.8 Å². The molecule has 1 fully saturated rings. The van der Waals surface area contributed by atoms with Crippen molar-refractivity contribution in [3.63, 3.8) is 0 Å². The standard InChI is InChI=1S/C13H15NO4/c1-7-11(14)13(16)18-12(7)9-3-5-10(6-4-9)17-8(2)15/h3-7,11-12H,14H2,1-2H3/t7-,11?,12-/m0/s1. The van der Waals surface area contributed by atoms with E-state index in [4.69, 9.17) is 15.2 Å². The number of esters is 2. The first kappa shape index (κ1) is 12.6. The highest BCUT2D eigenvalue weighted by molar-refractivity contribution is 5.78. The average molecular weight is 249 g/mol. The number of nitrogens with two attached hydrogens (primary N) is 1. The summed E-state index contributed by atoms with van der Waals surface area (Å²) in [4.78, 5) is 22.1. The second-order valence-electron chi connectivity index (χ2n) is 4.41. The van der Waals surface area contributed by atoms with Crippen molar-refractivity contribution in [2.75, 3.05) is 0 Å². The molecule has 0 radical (unpaired) electrons. The van der Waals surface area contributed by atoms with Crippen LogP contribution in [0.15, 0.2) is 24.3 Å². The van der Waals surface area contributed by atoms with Gasteiger partial charge in [0.05, 0.1) is 0 Å². The number of carbonyl (C=O) groups is 2. The Balaban J connectivity index is 2.15. The molecule has 5 nitrogen and oxygen atoms in total. The van der Waals surface area contributed by atoms with E-state index in [0.717, 1.165) is 5.56 Å². The molecule has 0 saturated carbocycles. The van der Waals surface area contributed by atoms with Crippen molar-refractivity contribution in [2.45, 2.75) is 26.0 Å². The van der Waals surface area contributed by atoms with Crippen LogP contribution in [-0.2, 0) is 14.3 Å². The number of hydrogen-bond donors (Lipinski definition) is 1. The Morgan fingerprint density at radius 2 is 1.94 bits per heavy atom. The highest BCUT2D eigenvalue weighted by Crippen LogP contribution is 2.34. The summed E-state index contributed by atoms with van der Waals surface area (Å²) >= 11 is 0. The highest BCUT2D eigenvalue weighted by Gasteiger charge is 2.40. The molecule has 0 bridgehead atoms. The molecule has 1 aromatic rings. The first-order chi connectivity index (χ1) is 8.49. The van der Waals surface area contributed by atoms with Gasteiger partial charge in [-0.25, -0.2) is 0 Å². The lowest BCUT2D eigenvalue weighted by Gasteiger charge is -2.15. The Hall–Kier alpha value is -1.88. The molecule has 1 aliphatic heterocycles. The maximum absolute atomic E-state index is 11.4. The summed E-state index contributed by atoms with van der Waals surface area (Å²) in [5, 5.41) is 0. The van der Waals surface area contributed by atoms with Crippen molar-refractivity contribution >= 4 is 11.9 Å². The van der Waals surface area contributed by atoms with E-state index in [1.807, 2.05) is 6.92 Å². The molecule has 3 atom stereocenters. The van der Waals surface area contributed by atoms with Gasteiger partial charge in [-0.3, -0.25) is 9.59 Å². The van der Waals surface area contributed by atoms with Crippen LogP contribution < -0.4 is 10.5 Å². The fraction of sp³-hybridized carbons (Fsp3) is 0.385. The second kappa shape index (κ2) is 4.78. The van der Waals surface area contributed by atoms with Crippen LogP contribution in [0.25, 0.3) is 0 Å². The minimum atomic E-state index is -0.580. The lowest BCUT2D eigenvalue weighted by molar-refractivity contribution is -0.142. The van der Waals surface area contributed by atoms with E-state index in [1.165, 1.54) is 6.92 Å². The van der Waals surface area contributed by atoms with Crippen molar-refractivity contribution < 1.29 is 19.1 Å². The van der Waals surface area contributed by atoms with Crippen molar-refractivity contribution in [3.8, 4) is 5.75 Å². The van der Waals surface area contributed by atoms with E-state index in [1.54, 1.807) is 24.3 Å². The summed E-state index contributed by atoms with van der Waals surface area (Å²) < 4.78 is 10.2. The first-order valence-corrected chi connectivity index (χ1v) is 5.73. The minimum absolute atomic E-state index is 0.0722. The Bertz CT molecular complexity index is 468. The van der Waals surface area contributed by atoms with Gasteiger partial charge in [-0.05, 0) is 17.7 Å². The number of cyclic esters (lactones) is 1. The summed E-state index contributed by atoms with van der Waals surface area (Å²) in [6, 6.07) is 6.29. The Morgan fingerprint density at radius 3 is 2.39 bits per heavy atom. The quantitative estimate of drug-likeness (QED) is 0.628. The summed E-state index contributed by atoms with van der Waals surface area (Å²) in [6.07, 6.45) is -0.334. The molecule has 18 heavy (non-hydrogen) atoms. The summed E-state index contributed by atoms with van der Waals surface area (Å²) in [6.45, 7) is 3.22. The molecule has 96 valence electrons. The molecule has 5 heteroatoms. The van der Waals surface area contributed by atoms with Gasteiger partial charge in [-0.15, -0.1) is 0 Å². The zero-order valence-electron chi connectivity index (χ0n) is 10.3. The molecule has 0 aromatic heterocycles. The molecule has 1 aliphatic rings. The minimum Gasteiger partial charge on any atom is -0.456 e. The molecule has 1 saturated heterocycles. The van der Waals surface area contributed by atoms with Crippen LogP contribution in [0, 0.1) is 5.92 Å². The van der Waals surface area contributed by atoms with Crippen LogP contribution in [0.4, 0.5) is 0 Å². The van der Waals surface area contributed by atoms with Crippen molar-refractivity contribution in [1.82, 2.24) is 0 Å². The number of carbonyl (C=O) groups excluding carboxylic acids is 2. The molecule has 0 spiro atoms. The number of benzene rings is 1. The Kier molecular flexibility index (Phi) is 3.34. The topological polar surface area (TPSA) is 78.6 Å². The SMILES string of the molecule is CC(=O)Oc1ccc([C@H]2OC(=O)C(N)[C@@H]2C)cc1. The van der Waals surface area contributed by atoms with E-state index < -0.39 is 6.04 Å². The Labute approximate surface area is 105 Å². The highest BCUT2D eigenvalue weighted by atomic mass is 16.6. The van der Waals surface area contributed by atoms with Gasteiger partial charge in [-0.1, -0.05) is 19.1 Å². The first-order valence-electron chi connectivity index (χ1n) is 5.73. The molecule has 1 unspecified atom stereocenters. The van der Waals surface area contributed by atoms with E-state index in [2.05, 4.69) is 0 Å². The van der Waals surface area contributed by atoms with Gasteiger partial charge < -0.3 is 15.2 Å². The van der Waals surface area contributed by atoms with Crippen LogP contribution >= 0.6 is 0 Å². The van der Waals surface area contributed by atoms with Crippen LogP contribution in [-0.4, -0.2) is 18.0 Å². The average Bonchev–Trinajstić information content (AvgIpc) is 2.57.